The molecule has 4 heteroatoms. The Balaban J connectivity index is 1.89. The molecule has 0 spiro atoms. The molecule has 1 aromatic carbocycles. The maximum atomic E-state index is 13.9. The highest BCUT2D eigenvalue weighted by atomic mass is 79.9. The third kappa shape index (κ3) is 4.83. The maximum Gasteiger partial charge on any atom is 0.128 e. The highest BCUT2D eigenvalue weighted by molar-refractivity contribution is 9.10. The molecule has 1 aliphatic heterocycles. The Morgan fingerprint density at radius 1 is 1.45 bits per heavy atom. The molecule has 1 saturated heterocycles. The van der Waals surface area contributed by atoms with Crippen molar-refractivity contribution in [3.05, 3.63) is 34.1 Å². The molecule has 0 aromatic heterocycles. The molecule has 0 amide bonds. The average Bonchev–Trinajstić information content (AvgIpc) is 2.40. The Hall–Kier alpha value is -0.450. The minimum Gasteiger partial charge on any atom is -0.314 e. The number of hydrogen-bond donors (Lipinski definition) is 1. The van der Waals surface area contributed by atoms with Crippen LogP contribution >= 0.6 is 15.9 Å². The van der Waals surface area contributed by atoms with Gasteiger partial charge in [0.1, 0.15) is 5.82 Å². The number of piperidine rings is 1. The van der Waals surface area contributed by atoms with Crippen LogP contribution in [0, 0.1) is 11.7 Å². The molecule has 0 radical (unpaired) electrons. The third-order valence-electron chi connectivity index (χ3n) is 3.83. The SMILES string of the molecule is CC(C)NCC1CCCN(Cc2ccc(Br)cc2F)C1. The summed E-state index contributed by atoms with van der Waals surface area (Å²) >= 11 is 3.30. The molecule has 0 aliphatic carbocycles. The van der Waals surface area contributed by atoms with Gasteiger partial charge < -0.3 is 5.32 Å². The van der Waals surface area contributed by atoms with Crippen molar-refractivity contribution in [3.63, 3.8) is 0 Å². The van der Waals surface area contributed by atoms with Crippen LogP contribution in [0.3, 0.4) is 0 Å². The Kier molecular flexibility index (Phi) is 6.00. The highest BCUT2D eigenvalue weighted by Crippen LogP contribution is 2.21. The van der Waals surface area contributed by atoms with Gasteiger partial charge >= 0.3 is 0 Å². The lowest BCUT2D eigenvalue weighted by Crippen LogP contribution is -2.40. The molecule has 112 valence electrons. The van der Waals surface area contributed by atoms with Crippen LogP contribution in [0.4, 0.5) is 4.39 Å². The number of hydrogen-bond acceptors (Lipinski definition) is 2. The fourth-order valence-corrected chi connectivity index (χ4v) is 3.09. The second kappa shape index (κ2) is 7.53. The van der Waals surface area contributed by atoms with Gasteiger partial charge in [-0.3, -0.25) is 4.90 Å². The van der Waals surface area contributed by atoms with Crippen LogP contribution in [0.1, 0.15) is 32.3 Å². The number of likely N-dealkylation sites (tertiary alicyclic amines) is 1. The molecule has 1 fully saturated rings. The molecule has 1 heterocycles. The van der Waals surface area contributed by atoms with E-state index in [2.05, 4.69) is 40.0 Å². The van der Waals surface area contributed by atoms with Crippen LogP contribution in [-0.4, -0.2) is 30.6 Å². The lowest BCUT2D eigenvalue weighted by atomic mass is 9.97. The summed E-state index contributed by atoms with van der Waals surface area (Å²) in [6, 6.07) is 5.89. The standard InChI is InChI=1S/C16H24BrFN2/c1-12(2)19-9-13-4-3-7-20(10-13)11-14-5-6-15(17)8-16(14)18/h5-6,8,12-13,19H,3-4,7,9-11H2,1-2H3. The van der Waals surface area contributed by atoms with Crippen molar-refractivity contribution in [3.8, 4) is 0 Å². The summed E-state index contributed by atoms with van der Waals surface area (Å²) in [6.07, 6.45) is 2.49. The first-order valence-electron chi connectivity index (χ1n) is 7.44. The molecule has 1 atom stereocenters. The number of benzene rings is 1. The van der Waals surface area contributed by atoms with Crippen molar-refractivity contribution >= 4 is 15.9 Å². The van der Waals surface area contributed by atoms with Crippen LogP contribution in [-0.2, 0) is 6.54 Å². The minimum absolute atomic E-state index is 0.109. The summed E-state index contributed by atoms with van der Waals surface area (Å²) in [5.41, 5.74) is 0.797. The maximum absolute atomic E-state index is 13.9. The Labute approximate surface area is 129 Å². The van der Waals surface area contributed by atoms with Gasteiger partial charge in [0, 0.05) is 29.2 Å². The first-order valence-corrected chi connectivity index (χ1v) is 8.23. The molecular formula is C16H24BrFN2. The molecule has 0 bridgehead atoms. The zero-order valence-corrected chi connectivity index (χ0v) is 13.9. The van der Waals surface area contributed by atoms with Gasteiger partial charge in [-0.2, -0.15) is 0 Å². The fourth-order valence-electron chi connectivity index (χ4n) is 2.75. The van der Waals surface area contributed by atoms with E-state index in [-0.39, 0.29) is 5.82 Å². The van der Waals surface area contributed by atoms with E-state index >= 15 is 0 Å². The first-order chi connectivity index (χ1) is 9.54. The number of rotatable bonds is 5. The van der Waals surface area contributed by atoms with Gasteiger partial charge in [-0.15, -0.1) is 0 Å². The van der Waals surface area contributed by atoms with E-state index in [1.807, 2.05) is 12.1 Å². The molecule has 0 saturated carbocycles. The number of halogens is 2. The van der Waals surface area contributed by atoms with Crippen molar-refractivity contribution in [1.29, 1.82) is 0 Å². The van der Waals surface area contributed by atoms with Crippen molar-refractivity contribution in [1.82, 2.24) is 10.2 Å². The molecule has 1 unspecified atom stereocenters. The Bertz CT molecular complexity index is 436. The second-order valence-electron chi connectivity index (χ2n) is 6.04. The van der Waals surface area contributed by atoms with Crippen LogP contribution in [0.5, 0.6) is 0 Å². The van der Waals surface area contributed by atoms with E-state index in [4.69, 9.17) is 0 Å². The number of nitrogens with one attached hydrogen (secondary N) is 1. The zero-order chi connectivity index (χ0) is 14.5. The van der Waals surface area contributed by atoms with Gasteiger partial charge in [0.2, 0.25) is 0 Å². The molecule has 20 heavy (non-hydrogen) atoms. The summed E-state index contributed by atoms with van der Waals surface area (Å²) < 4.78 is 14.7. The first kappa shape index (κ1) is 15.9. The van der Waals surface area contributed by atoms with Gasteiger partial charge in [-0.05, 0) is 44.0 Å². The highest BCUT2D eigenvalue weighted by Gasteiger charge is 2.20. The largest absolute Gasteiger partial charge is 0.314 e. The van der Waals surface area contributed by atoms with Crippen molar-refractivity contribution < 1.29 is 4.39 Å². The second-order valence-corrected chi connectivity index (χ2v) is 6.96. The van der Waals surface area contributed by atoms with E-state index in [0.717, 1.165) is 36.2 Å². The molecule has 2 rings (SSSR count). The topological polar surface area (TPSA) is 15.3 Å². The predicted octanol–water partition coefficient (Wildman–Crippen LogP) is 3.80. The van der Waals surface area contributed by atoms with E-state index < -0.39 is 0 Å². The van der Waals surface area contributed by atoms with Crippen molar-refractivity contribution in [2.45, 2.75) is 39.3 Å². The lowest BCUT2D eigenvalue weighted by Gasteiger charge is -2.33. The minimum atomic E-state index is -0.109. The molecule has 1 N–H and O–H groups in total. The van der Waals surface area contributed by atoms with Crippen LogP contribution in [0.15, 0.2) is 22.7 Å². The average molecular weight is 343 g/mol. The zero-order valence-electron chi connectivity index (χ0n) is 12.3. The molecule has 2 nitrogen and oxygen atoms in total. The van der Waals surface area contributed by atoms with Gasteiger partial charge in [-0.25, -0.2) is 4.39 Å². The molecule has 1 aliphatic rings. The molecule has 1 aromatic rings. The van der Waals surface area contributed by atoms with Crippen LogP contribution < -0.4 is 5.32 Å². The number of nitrogens with zero attached hydrogens (tertiary/aromatic N) is 1. The third-order valence-corrected chi connectivity index (χ3v) is 4.32. The Morgan fingerprint density at radius 2 is 2.25 bits per heavy atom. The monoisotopic (exact) mass is 342 g/mol. The summed E-state index contributed by atoms with van der Waals surface area (Å²) in [7, 11) is 0. The molecular weight excluding hydrogens is 319 g/mol. The van der Waals surface area contributed by atoms with Crippen LogP contribution in [0.25, 0.3) is 0 Å². The van der Waals surface area contributed by atoms with E-state index in [1.165, 1.54) is 12.8 Å². The summed E-state index contributed by atoms with van der Waals surface area (Å²) in [6.45, 7) is 8.28. The predicted molar refractivity (Wildman–Crippen MR) is 85.2 cm³/mol. The normalized spacial score (nSPS) is 20.6. The summed E-state index contributed by atoms with van der Waals surface area (Å²) in [5, 5.41) is 3.51. The van der Waals surface area contributed by atoms with Crippen molar-refractivity contribution in [2.75, 3.05) is 19.6 Å². The lowest BCUT2D eigenvalue weighted by molar-refractivity contribution is 0.162. The summed E-state index contributed by atoms with van der Waals surface area (Å²) in [4.78, 5) is 2.38. The summed E-state index contributed by atoms with van der Waals surface area (Å²) in [5.74, 6) is 0.575. The van der Waals surface area contributed by atoms with Crippen LogP contribution in [0.2, 0.25) is 0 Å². The van der Waals surface area contributed by atoms with Gasteiger partial charge in [0.05, 0.1) is 0 Å². The van der Waals surface area contributed by atoms with E-state index in [0.29, 0.717) is 12.0 Å². The quantitative estimate of drug-likeness (QED) is 0.875. The van der Waals surface area contributed by atoms with E-state index in [9.17, 15) is 4.39 Å². The van der Waals surface area contributed by atoms with Gasteiger partial charge in [-0.1, -0.05) is 35.8 Å². The van der Waals surface area contributed by atoms with Crippen molar-refractivity contribution in [2.24, 2.45) is 5.92 Å². The fraction of sp³-hybridized carbons (Fsp3) is 0.625. The Morgan fingerprint density at radius 3 is 2.95 bits per heavy atom. The smallest absolute Gasteiger partial charge is 0.128 e. The van der Waals surface area contributed by atoms with Gasteiger partial charge in [0.15, 0.2) is 0 Å². The van der Waals surface area contributed by atoms with Gasteiger partial charge in [0.25, 0.3) is 0 Å². The van der Waals surface area contributed by atoms with E-state index in [1.54, 1.807) is 6.07 Å².